The van der Waals surface area contributed by atoms with Crippen LogP contribution in [0.15, 0.2) is 0 Å². The molecule has 5 fully saturated rings. The molecule has 3 atom stereocenters. The summed E-state index contributed by atoms with van der Waals surface area (Å²) < 4.78 is 0. The zero-order valence-electron chi connectivity index (χ0n) is 16.9. The van der Waals surface area contributed by atoms with Crippen LogP contribution < -0.4 is 16.0 Å². The lowest BCUT2D eigenvalue weighted by Gasteiger charge is -2.29. The van der Waals surface area contributed by atoms with Gasteiger partial charge in [-0.1, -0.05) is 0 Å². The molecule has 3 unspecified atom stereocenters. The Balaban J connectivity index is 1.14. The lowest BCUT2D eigenvalue weighted by atomic mass is 9.81. The Bertz CT molecular complexity index is 612. The molecule has 2 saturated carbocycles. The van der Waals surface area contributed by atoms with Gasteiger partial charge in [0.1, 0.15) is 0 Å². The zero-order chi connectivity index (χ0) is 19.1. The highest BCUT2D eigenvalue weighted by Crippen LogP contribution is 2.33. The van der Waals surface area contributed by atoms with Crippen LogP contribution in [0.5, 0.6) is 0 Å². The van der Waals surface area contributed by atoms with Crippen molar-refractivity contribution in [2.24, 2.45) is 5.41 Å². The van der Waals surface area contributed by atoms with Gasteiger partial charge in [-0.05, 0) is 51.5 Å². The van der Waals surface area contributed by atoms with Crippen molar-refractivity contribution >= 4 is 11.8 Å². The van der Waals surface area contributed by atoms with Gasteiger partial charge in [0.2, 0.25) is 11.8 Å². The standard InChI is InChI=1S/C21H35N5O2/c27-19(23-15-5-9-25(12-15)17-1-2-17)11-21(7-8-22-14-21)20(28)24-16-6-10-26(13-16)18-3-4-18/h15-18,22H,1-14H2,(H,23,27)(H,24,28). The first-order chi connectivity index (χ1) is 13.6. The summed E-state index contributed by atoms with van der Waals surface area (Å²) in [4.78, 5) is 31.0. The van der Waals surface area contributed by atoms with Gasteiger partial charge in [0, 0.05) is 63.3 Å². The number of carbonyl (C=O) groups is 2. The summed E-state index contributed by atoms with van der Waals surface area (Å²) in [7, 11) is 0. The van der Waals surface area contributed by atoms with E-state index in [1.807, 2.05) is 0 Å². The molecule has 5 aliphatic rings. The summed E-state index contributed by atoms with van der Waals surface area (Å²) >= 11 is 0. The van der Waals surface area contributed by atoms with Crippen LogP contribution in [0.2, 0.25) is 0 Å². The molecule has 3 aliphatic heterocycles. The second-order valence-electron chi connectivity index (χ2n) is 9.85. The first-order valence-electron chi connectivity index (χ1n) is 11.4. The van der Waals surface area contributed by atoms with Crippen molar-refractivity contribution in [1.29, 1.82) is 0 Å². The molecule has 7 heteroatoms. The molecule has 0 aromatic carbocycles. The van der Waals surface area contributed by atoms with Gasteiger partial charge in [0.05, 0.1) is 5.41 Å². The van der Waals surface area contributed by atoms with E-state index in [-0.39, 0.29) is 23.9 Å². The number of nitrogens with one attached hydrogen (secondary N) is 3. The first-order valence-corrected chi connectivity index (χ1v) is 11.4. The van der Waals surface area contributed by atoms with Crippen LogP contribution in [0, 0.1) is 5.41 Å². The van der Waals surface area contributed by atoms with Gasteiger partial charge in [0.15, 0.2) is 0 Å². The fraction of sp³-hybridized carbons (Fsp3) is 0.905. The molecule has 0 aromatic heterocycles. The van der Waals surface area contributed by atoms with Crippen LogP contribution in [0.3, 0.4) is 0 Å². The van der Waals surface area contributed by atoms with E-state index < -0.39 is 5.41 Å². The van der Waals surface area contributed by atoms with Crippen molar-refractivity contribution in [2.75, 3.05) is 39.3 Å². The van der Waals surface area contributed by atoms with Gasteiger partial charge in [-0.2, -0.15) is 0 Å². The Morgan fingerprint density at radius 1 is 0.893 bits per heavy atom. The summed E-state index contributed by atoms with van der Waals surface area (Å²) in [6.45, 7) is 5.59. The minimum absolute atomic E-state index is 0.0486. The van der Waals surface area contributed by atoms with Crippen molar-refractivity contribution in [3.05, 3.63) is 0 Å². The van der Waals surface area contributed by atoms with Gasteiger partial charge in [0.25, 0.3) is 0 Å². The number of nitrogens with zero attached hydrogens (tertiary/aromatic N) is 2. The summed E-state index contributed by atoms with van der Waals surface area (Å²) in [5.74, 6) is 0.133. The molecule has 5 rings (SSSR count). The molecule has 0 aromatic rings. The van der Waals surface area contributed by atoms with Crippen LogP contribution >= 0.6 is 0 Å². The van der Waals surface area contributed by atoms with E-state index in [0.717, 1.165) is 64.1 Å². The van der Waals surface area contributed by atoms with Crippen molar-refractivity contribution in [2.45, 2.75) is 75.5 Å². The minimum Gasteiger partial charge on any atom is -0.352 e. The number of hydrogen-bond acceptors (Lipinski definition) is 5. The Kier molecular flexibility index (Phi) is 5.09. The van der Waals surface area contributed by atoms with E-state index in [0.29, 0.717) is 13.0 Å². The van der Waals surface area contributed by atoms with E-state index in [4.69, 9.17) is 0 Å². The quantitative estimate of drug-likeness (QED) is 0.574. The van der Waals surface area contributed by atoms with Crippen molar-refractivity contribution < 1.29 is 9.59 Å². The fourth-order valence-corrected chi connectivity index (χ4v) is 5.45. The van der Waals surface area contributed by atoms with Crippen LogP contribution in [-0.4, -0.2) is 85.1 Å². The van der Waals surface area contributed by atoms with Crippen LogP contribution in [-0.2, 0) is 9.59 Å². The van der Waals surface area contributed by atoms with Gasteiger partial charge >= 0.3 is 0 Å². The predicted octanol–water partition coefficient (Wildman–Crippen LogP) is 0.0620. The molecule has 156 valence electrons. The second kappa shape index (κ2) is 7.58. The third-order valence-corrected chi connectivity index (χ3v) is 7.49. The summed E-state index contributed by atoms with van der Waals surface area (Å²) in [6, 6.07) is 2.02. The zero-order valence-corrected chi connectivity index (χ0v) is 16.9. The van der Waals surface area contributed by atoms with Gasteiger partial charge < -0.3 is 16.0 Å². The average molecular weight is 390 g/mol. The lowest BCUT2D eigenvalue weighted by molar-refractivity contribution is -0.136. The number of hydrogen-bond donors (Lipinski definition) is 3. The molecule has 0 radical (unpaired) electrons. The molecule has 7 nitrogen and oxygen atoms in total. The Morgan fingerprint density at radius 2 is 1.50 bits per heavy atom. The Labute approximate surface area is 168 Å². The molecule has 0 bridgehead atoms. The Morgan fingerprint density at radius 3 is 2.04 bits per heavy atom. The molecular formula is C21H35N5O2. The summed E-state index contributed by atoms with van der Waals surface area (Å²) in [5.41, 5.74) is -0.578. The molecule has 2 aliphatic carbocycles. The third kappa shape index (κ3) is 4.07. The van der Waals surface area contributed by atoms with Crippen molar-refractivity contribution in [1.82, 2.24) is 25.8 Å². The van der Waals surface area contributed by atoms with E-state index in [2.05, 4.69) is 25.8 Å². The summed E-state index contributed by atoms with van der Waals surface area (Å²) in [6.07, 6.45) is 8.40. The number of likely N-dealkylation sites (tertiary alicyclic amines) is 2. The minimum atomic E-state index is -0.578. The highest BCUT2D eigenvalue weighted by molar-refractivity contribution is 5.89. The highest BCUT2D eigenvalue weighted by Gasteiger charge is 2.45. The van der Waals surface area contributed by atoms with E-state index in [1.165, 1.54) is 25.7 Å². The fourth-order valence-electron chi connectivity index (χ4n) is 5.45. The van der Waals surface area contributed by atoms with E-state index in [9.17, 15) is 9.59 Å². The molecule has 3 heterocycles. The van der Waals surface area contributed by atoms with E-state index in [1.54, 1.807) is 0 Å². The maximum atomic E-state index is 13.2. The molecule has 0 spiro atoms. The number of rotatable bonds is 7. The largest absolute Gasteiger partial charge is 0.352 e. The molecule has 3 saturated heterocycles. The first kappa shape index (κ1) is 18.8. The number of amides is 2. The second-order valence-corrected chi connectivity index (χ2v) is 9.85. The third-order valence-electron chi connectivity index (χ3n) is 7.49. The van der Waals surface area contributed by atoms with Crippen molar-refractivity contribution in [3.8, 4) is 0 Å². The van der Waals surface area contributed by atoms with E-state index >= 15 is 0 Å². The lowest BCUT2D eigenvalue weighted by Crippen LogP contribution is -2.50. The van der Waals surface area contributed by atoms with Crippen molar-refractivity contribution in [3.63, 3.8) is 0 Å². The maximum Gasteiger partial charge on any atom is 0.228 e. The van der Waals surface area contributed by atoms with Gasteiger partial charge in [-0.25, -0.2) is 0 Å². The smallest absolute Gasteiger partial charge is 0.228 e. The maximum absolute atomic E-state index is 13.2. The predicted molar refractivity (Wildman–Crippen MR) is 107 cm³/mol. The van der Waals surface area contributed by atoms with Crippen LogP contribution in [0.1, 0.15) is 51.4 Å². The van der Waals surface area contributed by atoms with Gasteiger partial charge in [-0.3, -0.25) is 19.4 Å². The molecule has 3 N–H and O–H groups in total. The Hall–Kier alpha value is -1.18. The van der Waals surface area contributed by atoms with Crippen LogP contribution in [0.4, 0.5) is 0 Å². The summed E-state index contributed by atoms with van der Waals surface area (Å²) in [5, 5.41) is 9.85. The average Bonchev–Trinajstić information content (AvgIpc) is 3.57. The van der Waals surface area contributed by atoms with Gasteiger partial charge in [-0.15, -0.1) is 0 Å². The number of carbonyl (C=O) groups excluding carboxylic acids is 2. The normalized spacial score (nSPS) is 36.7. The van der Waals surface area contributed by atoms with Crippen LogP contribution in [0.25, 0.3) is 0 Å². The molecular weight excluding hydrogens is 354 g/mol. The molecule has 2 amide bonds. The SMILES string of the molecule is O=C(CC1(C(=O)NC2CCN(C3CC3)C2)CCNC1)NC1CCN(C2CC2)C1. The molecule has 28 heavy (non-hydrogen) atoms. The topological polar surface area (TPSA) is 76.7 Å². The monoisotopic (exact) mass is 389 g/mol. The highest BCUT2D eigenvalue weighted by atomic mass is 16.2.